The Labute approximate surface area is 125 Å². The van der Waals surface area contributed by atoms with E-state index in [4.69, 9.17) is 11.6 Å². The molecular formula is C17H18ClN2. The van der Waals surface area contributed by atoms with Crippen molar-refractivity contribution in [3.8, 4) is 0 Å². The molecule has 0 amide bonds. The highest BCUT2D eigenvalue weighted by Crippen LogP contribution is 2.33. The highest BCUT2D eigenvalue weighted by atomic mass is 35.5. The van der Waals surface area contributed by atoms with Gasteiger partial charge in [-0.05, 0) is 17.2 Å². The lowest BCUT2D eigenvalue weighted by atomic mass is 9.96. The molecule has 2 nitrogen and oxygen atoms in total. The van der Waals surface area contributed by atoms with E-state index >= 15 is 0 Å². The van der Waals surface area contributed by atoms with Crippen LogP contribution in [0.25, 0.3) is 0 Å². The zero-order chi connectivity index (χ0) is 13.8. The second kappa shape index (κ2) is 6.40. The number of halogens is 1. The first-order valence-corrected chi connectivity index (χ1v) is 7.41. The van der Waals surface area contributed by atoms with Gasteiger partial charge in [0.25, 0.3) is 0 Å². The summed E-state index contributed by atoms with van der Waals surface area (Å²) in [7, 11) is 0. The third kappa shape index (κ3) is 2.88. The van der Waals surface area contributed by atoms with Crippen LogP contribution >= 0.6 is 11.6 Å². The van der Waals surface area contributed by atoms with Crippen molar-refractivity contribution in [2.24, 2.45) is 0 Å². The van der Waals surface area contributed by atoms with Gasteiger partial charge in [-0.25, -0.2) is 5.32 Å². The molecule has 2 aromatic carbocycles. The molecule has 3 rings (SSSR count). The first-order valence-electron chi connectivity index (χ1n) is 7.03. The summed E-state index contributed by atoms with van der Waals surface area (Å²) in [5.41, 5.74) is 2.48. The molecule has 1 atom stereocenters. The number of piperazine rings is 1. The van der Waals surface area contributed by atoms with Crippen molar-refractivity contribution in [2.45, 2.75) is 6.04 Å². The maximum Gasteiger partial charge on any atom is 0.0617 e. The van der Waals surface area contributed by atoms with E-state index in [1.54, 1.807) is 0 Å². The molecule has 1 radical (unpaired) electrons. The molecule has 103 valence electrons. The van der Waals surface area contributed by atoms with Gasteiger partial charge >= 0.3 is 0 Å². The van der Waals surface area contributed by atoms with Gasteiger partial charge in [-0.2, -0.15) is 0 Å². The summed E-state index contributed by atoms with van der Waals surface area (Å²) in [5.74, 6) is 0. The van der Waals surface area contributed by atoms with Gasteiger partial charge in [0, 0.05) is 31.2 Å². The lowest BCUT2D eigenvalue weighted by molar-refractivity contribution is 0.196. The molecule has 0 spiro atoms. The van der Waals surface area contributed by atoms with Crippen LogP contribution in [0.3, 0.4) is 0 Å². The van der Waals surface area contributed by atoms with Gasteiger partial charge in [0.1, 0.15) is 0 Å². The average molecular weight is 286 g/mol. The van der Waals surface area contributed by atoms with Gasteiger partial charge in [-0.1, -0.05) is 60.1 Å². The Morgan fingerprint density at radius 2 is 1.55 bits per heavy atom. The normalized spacial score (nSPS) is 17.9. The Kier molecular flexibility index (Phi) is 4.36. The molecule has 1 saturated heterocycles. The van der Waals surface area contributed by atoms with E-state index < -0.39 is 0 Å². The first-order chi connectivity index (χ1) is 9.86. The molecule has 0 aromatic heterocycles. The molecule has 2 aromatic rings. The summed E-state index contributed by atoms with van der Waals surface area (Å²) in [6.45, 7) is 3.80. The van der Waals surface area contributed by atoms with Crippen LogP contribution in [0.5, 0.6) is 0 Å². The number of hydrogen-bond acceptors (Lipinski definition) is 1. The molecule has 1 fully saturated rings. The topological polar surface area (TPSA) is 17.3 Å². The number of nitrogens with zero attached hydrogens (tertiary/aromatic N) is 2. The molecule has 0 bridgehead atoms. The smallest absolute Gasteiger partial charge is 0.0617 e. The van der Waals surface area contributed by atoms with Crippen LogP contribution < -0.4 is 5.32 Å². The predicted octanol–water partition coefficient (Wildman–Crippen LogP) is 3.35. The predicted molar refractivity (Wildman–Crippen MR) is 83.2 cm³/mol. The fourth-order valence-corrected chi connectivity index (χ4v) is 3.04. The zero-order valence-corrected chi connectivity index (χ0v) is 12.1. The monoisotopic (exact) mass is 285 g/mol. The molecule has 3 heteroatoms. The molecule has 0 N–H and O–H groups in total. The van der Waals surface area contributed by atoms with Crippen LogP contribution in [0.15, 0.2) is 54.6 Å². The van der Waals surface area contributed by atoms with Crippen molar-refractivity contribution >= 4 is 11.6 Å². The van der Waals surface area contributed by atoms with E-state index in [1.165, 1.54) is 11.1 Å². The molecule has 1 unspecified atom stereocenters. The molecular weight excluding hydrogens is 268 g/mol. The summed E-state index contributed by atoms with van der Waals surface area (Å²) in [6.07, 6.45) is 0. The van der Waals surface area contributed by atoms with Crippen molar-refractivity contribution in [2.75, 3.05) is 26.2 Å². The fraction of sp³-hybridized carbons (Fsp3) is 0.294. The molecule has 0 aliphatic carbocycles. The second-order valence-electron chi connectivity index (χ2n) is 5.04. The Balaban J connectivity index is 2.01. The molecule has 1 aliphatic heterocycles. The Bertz CT molecular complexity index is 550. The summed E-state index contributed by atoms with van der Waals surface area (Å²) in [4.78, 5) is 2.48. The second-order valence-corrected chi connectivity index (χ2v) is 5.45. The van der Waals surface area contributed by atoms with Crippen molar-refractivity contribution in [1.29, 1.82) is 0 Å². The Morgan fingerprint density at radius 1 is 0.900 bits per heavy atom. The van der Waals surface area contributed by atoms with Crippen LogP contribution in [0, 0.1) is 0 Å². The van der Waals surface area contributed by atoms with Crippen molar-refractivity contribution in [1.82, 2.24) is 10.2 Å². The minimum atomic E-state index is 0.223. The Hall–Kier alpha value is -1.35. The number of rotatable bonds is 3. The van der Waals surface area contributed by atoms with Crippen LogP contribution in [0.4, 0.5) is 0 Å². The number of hydrogen-bond donors (Lipinski definition) is 0. The SMILES string of the molecule is Clc1ccccc1C(c1ccccc1)N1CC[N]CC1. The fourth-order valence-electron chi connectivity index (χ4n) is 2.80. The van der Waals surface area contributed by atoms with Gasteiger partial charge < -0.3 is 0 Å². The quantitative estimate of drug-likeness (QED) is 0.845. The minimum absolute atomic E-state index is 0.223. The summed E-state index contributed by atoms with van der Waals surface area (Å²) in [5, 5.41) is 5.28. The first kappa shape index (κ1) is 13.6. The molecule has 1 heterocycles. The lowest BCUT2D eigenvalue weighted by Crippen LogP contribution is -2.42. The minimum Gasteiger partial charge on any atom is -0.290 e. The van der Waals surface area contributed by atoms with Gasteiger partial charge in [0.2, 0.25) is 0 Å². The van der Waals surface area contributed by atoms with Gasteiger partial charge in [0.15, 0.2) is 0 Å². The van der Waals surface area contributed by atoms with E-state index in [9.17, 15) is 0 Å². The number of benzene rings is 2. The van der Waals surface area contributed by atoms with Crippen molar-refractivity contribution in [3.63, 3.8) is 0 Å². The highest BCUT2D eigenvalue weighted by molar-refractivity contribution is 6.31. The van der Waals surface area contributed by atoms with E-state index in [-0.39, 0.29) is 6.04 Å². The summed E-state index contributed by atoms with van der Waals surface area (Å²) >= 11 is 6.44. The molecule has 20 heavy (non-hydrogen) atoms. The highest BCUT2D eigenvalue weighted by Gasteiger charge is 2.25. The maximum atomic E-state index is 6.44. The van der Waals surface area contributed by atoms with E-state index in [0.717, 1.165) is 31.2 Å². The van der Waals surface area contributed by atoms with Crippen LogP contribution in [0.2, 0.25) is 5.02 Å². The standard InChI is InChI=1S/C17H18ClN2/c18-16-9-5-4-8-15(16)17(14-6-2-1-3-7-14)20-12-10-19-11-13-20/h1-9,17H,10-13H2. The summed E-state index contributed by atoms with van der Waals surface area (Å²) in [6, 6.07) is 19.0. The average Bonchev–Trinajstić information content (AvgIpc) is 2.52. The lowest BCUT2D eigenvalue weighted by Gasteiger charge is -2.35. The van der Waals surface area contributed by atoms with Crippen molar-refractivity contribution in [3.05, 3.63) is 70.7 Å². The van der Waals surface area contributed by atoms with Crippen LogP contribution in [-0.4, -0.2) is 31.1 Å². The largest absolute Gasteiger partial charge is 0.290 e. The Morgan fingerprint density at radius 3 is 2.25 bits per heavy atom. The van der Waals surface area contributed by atoms with Gasteiger partial charge in [-0.15, -0.1) is 0 Å². The summed E-state index contributed by atoms with van der Waals surface area (Å²) < 4.78 is 0. The third-order valence-electron chi connectivity index (χ3n) is 3.77. The van der Waals surface area contributed by atoms with E-state index in [2.05, 4.69) is 52.7 Å². The van der Waals surface area contributed by atoms with E-state index in [0.29, 0.717) is 0 Å². The van der Waals surface area contributed by atoms with Crippen molar-refractivity contribution < 1.29 is 0 Å². The molecule has 1 aliphatic rings. The third-order valence-corrected chi connectivity index (χ3v) is 4.12. The zero-order valence-electron chi connectivity index (χ0n) is 11.4. The van der Waals surface area contributed by atoms with E-state index in [1.807, 2.05) is 12.1 Å². The van der Waals surface area contributed by atoms with Crippen LogP contribution in [-0.2, 0) is 0 Å². The maximum absolute atomic E-state index is 6.44. The molecule has 0 saturated carbocycles. The van der Waals surface area contributed by atoms with Gasteiger partial charge in [0.05, 0.1) is 6.04 Å². The van der Waals surface area contributed by atoms with Gasteiger partial charge in [-0.3, -0.25) is 4.90 Å². The van der Waals surface area contributed by atoms with Crippen LogP contribution in [0.1, 0.15) is 17.2 Å².